The largest absolute Gasteiger partial charge is 0.415 e. The van der Waals surface area contributed by atoms with Crippen molar-refractivity contribution in [3.63, 3.8) is 0 Å². The van der Waals surface area contributed by atoms with Gasteiger partial charge < -0.3 is 9.15 Å². The lowest BCUT2D eigenvalue weighted by molar-refractivity contribution is 0.0542. The predicted octanol–water partition coefficient (Wildman–Crippen LogP) is 3.76. The fourth-order valence-corrected chi connectivity index (χ4v) is 3.20. The van der Waals surface area contributed by atoms with E-state index in [0.717, 1.165) is 18.1 Å². The van der Waals surface area contributed by atoms with Crippen LogP contribution in [0.4, 0.5) is 0 Å². The topological polar surface area (TPSA) is 48.2 Å². The van der Waals surface area contributed by atoms with Crippen LogP contribution >= 0.6 is 23.5 Å². The molecule has 1 heterocycles. The molecule has 1 aliphatic rings. The van der Waals surface area contributed by atoms with Crippen LogP contribution in [-0.2, 0) is 10.5 Å². The van der Waals surface area contributed by atoms with E-state index in [2.05, 4.69) is 10.2 Å². The molecule has 0 radical (unpaired) electrons. The number of hydrogen-bond donors (Lipinski definition) is 0. The van der Waals surface area contributed by atoms with Crippen molar-refractivity contribution in [2.75, 3.05) is 18.6 Å². The number of nitrogens with zero attached hydrogens (tertiary/aromatic N) is 2. The van der Waals surface area contributed by atoms with Crippen LogP contribution in [0, 0.1) is 0 Å². The Morgan fingerprint density at radius 3 is 2.74 bits per heavy atom. The van der Waals surface area contributed by atoms with Crippen LogP contribution in [-0.4, -0.2) is 34.9 Å². The van der Waals surface area contributed by atoms with Gasteiger partial charge in [0.25, 0.3) is 5.22 Å². The van der Waals surface area contributed by atoms with Crippen LogP contribution in [0.2, 0.25) is 0 Å². The van der Waals surface area contributed by atoms with Gasteiger partial charge in [0.05, 0.1) is 18.5 Å². The lowest BCUT2D eigenvalue weighted by atomic mass is 10.1. The van der Waals surface area contributed by atoms with Gasteiger partial charge in [0.15, 0.2) is 0 Å². The minimum atomic E-state index is 0.470. The summed E-state index contributed by atoms with van der Waals surface area (Å²) >= 11 is 3.27. The number of ether oxygens (including phenoxy) is 1. The maximum Gasteiger partial charge on any atom is 0.276 e. The Bertz CT molecular complexity index is 352. The Kier molecular flexibility index (Phi) is 7.09. The third kappa shape index (κ3) is 5.75. The van der Waals surface area contributed by atoms with Crippen molar-refractivity contribution in [1.82, 2.24) is 10.2 Å². The quantitative estimate of drug-likeness (QED) is 0.434. The average Bonchev–Trinajstić information content (AvgIpc) is 2.70. The van der Waals surface area contributed by atoms with Gasteiger partial charge in [0, 0.05) is 5.75 Å². The fraction of sp³-hybridized carbons (Fsp3) is 0.846. The van der Waals surface area contributed by atoms with Crippen LogP contribution in [0.25, 0.3) is 0 Å². The lowest BCUT2D eigenvalue weighted by Crippen LogP contribution is -2.13. The second kappa shape index (κ2) is 8.87. The van der Waals surface area contributed by atoms with Crippen LogP contribution in [0.1, 0.15) is 44.4 Å². The first-order chi connectivity index (χ1) is 9.38. The molecular weight excluding hydrogens is 280 g/mol. The Balaban J connectivity index is 1.60. The summed E-state index contributed by atoms with van der Waals surface area (Å²) in [7, 11) is 0. The van der Waals surface area contributed by atoms with Gasteiger partial charge in [-0.05, 0) is 19.1 Å². The zero-order valence-electron chi connectivity index (χ0n) is 11.5. The molecule has 1 saturated carbocycles. The highest BCUT2D eigenvalue weighted by atomic mass is 32.2. The maximum absolute atomic E-state index is 5.92. The summed E-state index contributed by atoms with van der Waals surface area (Å²) in [6.07, 6.45) is 10.3. The van der Waals surface area contributed by atoms with E-state index in [4.69, 9.17) is 9.15 Å². The van der Waals surface area contributed by atoms with Gasteiger partial charge >= 0.3 is 0 Å². The molecule has 1 fully saturated rings. The van der Waals surface area contributed by atoms with Gasteiger partial charge in [-0.2, -0.15) is 11.8 Å². The van der Waals surface area contributed by atoms with Crippen LogP contribution in [0.3, 0.4) is 0 Å². The Hall–Kier alpha value is -0.200. The normalized spacial score (nSPS) is 17.5. The van der Waals surface area contributed by atoms with Crippen molar-refractivity contribution in [3.8, 4) is 0 Å². The van der Waals surface area contributed by atoms with Gasteiger partial charge in [0.2, 0.25) is 5.89 Å². The SMILES string of the molecule is CSCc1nnc(SCCOC2CCCCCC2)o1. The monoisotopic (exact) mass is 302 g/mol. The standard InChI is InChI=1S/C13H22N2O2S2/c1-18-10-12-14-15-13(17-12)19-9-8-16-11-6-4-2-3-5-7-11/h11H,2-10H2,1H3. The van der Waals surface area contributed by atoms with Gasteiger partial charge in [-0.1, -0.05) is 37.4 Å². The number of thioether (sulfide) groups is 2. The van der Waals surface area contributed by atoms with E-state index in [1.54, 1.807) is 23.5 Å². The van der Waals surface area contributed by atoms with E-state index < -0.39 is 0 Å². The summed E-state index contributed by atoms with van der Waals surface area (Å²) in [5.74, 6) is 2.38. The molecule has 4 nitrogen and oxygen atoms in total. The zero-order chi connectivity index (χ0) is 13.3. The molecule has 1 aromatic heterocycles. The van der Waals surface area contributed by atoms with Crippen molar-refractivity contribution >= 4 is 23.5 Å². The average molecular weight is 302 g/mol. The molecule has 108 valence electrons. The lowest BCUT2D eigenvalue weighted by Gasteiger charge is -2.14. The second-order valence-corrected chi connectivity index (χ2v) is 6.64. The molecule has 0 aliphatic heterocycles. The highest BCUT2D eigenvalue weighted by molar-refractivity contribution is 7.99. The molecule has 2 rings (SSSR count). The first-order valence-electron chi connectivity index (χ1n) is 6.94. The highest BCUT2D eigenvalue weighted by Crippen LogP contribution is 2.21. The molecule has 0 amide bonds. The summed E-state index contributed by atoms with van der Waals surface area (Å²) in [5.41, 5.74) is 0. The molecule has 1 aliphatic carbocycles. The summed E-state index contributed by atoms with van der Waals surface area (Å²) in [6.45, 7) is 0.773. The van der Waals surface area contributed by atoms with E-state index in [9.17, 15) is 0 Å². The summed E-state index contributed by atoms with van der Waals surface area (Å²) in [5, 5.41) is 8.66. The second-order valence-electron chi connectivity index (χ2n) is 4.73. The number of hydrogen-bond acceptors (Lipinski definition) is 6. The highest BCUT2D eigenvalue weighted by Gasteiger charge is 2.12. The minimum absolute atomic E-state index is 0.470. The van der Waals surface area contributed by atoms with Crippen LogP contribution in [0.15, 0.2) is 9.64 Å². The molecule has 0 saturated heterocycles. The molecule has 6 heteroatoms. The predicted molar refractivity (Wildman–Crippen MR) is 79.7 cm³/mol. The minimum Gasteiger partial charge on any atom is -0.415 e. The first kappa shape index (κ1) is 15.2. The molecule has 19 heavy (non-hydrogen) atoms. The van der Waals surface area contributed by atoms with Crippen LogP contribution < -0.4 is 0 Å². The summed E-state index contributed by atoms with van der Waals surface area (Å²) in [6, 6.07) is 0. The molecule has 1 aromatic rings. The van der Waals surface area contributed by atoms with Gasteiger partial charge in [-0.15, -0.1) is 10.2 Å². The summed E-state index contributed by atoms with van der Waals surface area (Å²) in [4.78, 5) is 0. The zero-order valence-corrected chi connectivity index (χ0v) is 13.1. The molecule has 0 spiro atoms. The molecule has 0 atom stereocenters. The molecule has 0 bridgehead atoms. The van der Waals surface area contributed by atoms with E-state index in [1.165, 1.54) is 38.5 Å². The van der Waals surface area contributed by atoms with Crippen molar-refractivity contribution in [1.29, 1.82) is 0 Å². The third-order valence-corrected chi connectivity index (χ3v) is 4.50. The van der Waals surface area contributed by atoms with Crippen molar-refractivity contribution < 1.29 is 9.15 Å². The van der Waals surface area contributed by atoms with Gasteiger partial charge in [-0.25, -0.2) is 0 Å². The summed E-state index contributed by atoms with van der Waals surface area (Å²) < 4.78 is 11.4. The van der Waals surface area contributed by atoms with E-state index in [1.807, 2.05) is 6.26 Å². The van der Waals surface area contributed by atoms with Crippen molar-refractivity contribution in [2.24, 2.45) is 0 Å². The molecule has 0 unspecified atom stereocenters. The Morgan fingerprint density at radius 1 is 1.21 bits per heavy atom. The van der Waals surface area contributed by atoms with E-state index in [-0.39, 0.29) is 0 Å². The molecular formula is C13H22N2O2S2. The number of rotatable bonds is 7. The van der Waals surface area contributed by atoms with Gasteiger partial charge in [0.1, 0.15) is 0 Å². The Labute approximate surface area is 123 Å². The fourth-order valence-electron chi connectivity index (χ4n) is 2.23. The number of aromatic nitrogens is 2. The maximum atomic E-state index is 5.92. The molecule has 0 N–H and O–H groups in total. The Morgan fingerprint density at radius 2 is 2.00 bits per heavy atom. The first-order valence-corrected chi connectivity index (χ1v) is 9.32. The molecule has 0 aromatic carbocycles. The van der Waals surface area contributed by atoms with E-state index in [0.29, 0.717) is 17.2 Å². The smallest absolute Gasteiger partial charge is 0.276 e. The third-order valence-electron chi connectivity index (χ3n) is 3.18. The van der Waals surface area contributed by atoms with Crippen molar-refractivity contribution in [3.05, 3.63) is 5.89 Å². The van der Waals surface area contributed by atoms with Gasteiger partial charge in [-0.3, -0.25) is 0 Å². The van der Waals surface area contributed by atoms with Crippen molar-refractivity contribution in [2.45, 2.75) is 55.6 Å². The van der Waals surface area contributed by atoms with Crippen LogP contribution in [0.5, 0.6) is 0 Å². The van der Waals surface area contributed by atoms with E-state index >= 15 is 0 Å².